The van der Waals surface area contributed by atoms with Crippen LogP contribution in [-0.2, 0) is 4.79 Å². The van der Waals surface area contributed by atoms with E-state index in [4.69, 9.17) is 0 Å². The van der Waals surface area contributed by atoms with E-state index >= 15 is 0 Å². The molecule has 0 saturated heterocycles. The van der Waals surface area contributed by atoms with Crippen LogP contribution in [0.2, 0.25) is 25.2 Å². The predicted molar refractivity (Wildman–Crippen MR) is 71.1 cm³/mol. The van der Waals surface area contributed by atoms with Crippen LogP contribution in [0.5, 0.6) is 0 Å². The molecule has 0 aromatic heterocycles. The second-order valence-corrected chi connectivity index (χ2v) is 10.8. The van der Waals surface area contributed by atoms with Crippen molar-refractivity contribution in [1.82, 2.24) is 0 Å². The van der Waals surface area contributed by atoms with Gasteiger partial charge in [-0.2, -0.15) is 0 Å². The average molecular weight is 226 g/mol. The van der Waals surface area contributed by atoms with E-state index in [0.717, 1.165) is 6.29 Å². The third kappa shape index (κ3) is 7.54. The summed E-state index contributed by atoms with van der Waals surface area (Å²) in [6.45, 7) is 9.22. The standard InChI is InChI=1S/C13H26OSi/c1-5-6-7-8-9-10-13(11-12-14)15(2,3)4/h9-10,12-13H,5-8,11H2,1-4H3. The van der Waals surface area contributed by atoms with Gasteiger partial charge in [-0.1, -0.05) is 51.6 Å². The maximum atomic E-state index is 10.6. The minimum atomic E-state index is -1.19. The van der Waals surface area contributed by atoms with Crippen LogP contribution in [0.4, 0.5) is 0 Å². The fraction of sp³-hybridized carbons (Fsp3) is 0.769. The quantitative estimate of drug-likeness (QED) is 0.259. The van der Waals surface area contributed by atoms with Crippen LogP contribution in [0, 0.1) is 0 Å². The summed E-state index contributed by atoms with van der Waals surface area (Å²) in [6, 6.07) is 0. The van der Waals surface area contributed by atoms with E-state index in [2.05, 4.69) is 38.7 Å². The minimum absolute atomic E-state index is 0.525. The van der Waals surface area contributed by atoms with Crippen molar-refractivity contribution in [3.63, 3.8) is 0 Å². The van der Waals surface area contributed by atoms with Crippen LogP contribution in [0.15, 0.2) is 12.2 Å². The number of aldehydes is 1. The summed E-state index contributed by atoms with van der Waals surface area (Å²) in [5, 5.41) is 0. The van der Waals surface area contributed by atoms with E-state index in [1.807, 2.05) is 0 Å². The molecule has 0 heterocycles. The number of carbonyl (C=O) groups excluding carboxylic acids is 1. The van der Waals surface area contributed by atoms with Crippen LogP contribution < -0.4 is 0 Å². The Bertz CT molecular complexity index is 191. The first kappa shape index (κ1) is 14.6. The summed E-state index contributed by atoms with van der Waals surface area (Å²) >= 11 is 0. The highest BCUT2D eigenvalue weighted by atomic mass is 28.3. The lowest BCUT2D eigenvalue weighted by molar-refractivity contribution is -0.107. The van der Waals surface area contributed by atoms with Crippen molar-refractivity contribution in [3.8, 4) is 0 Å². The molecule has 0 saturated carbocycles. The highest BCUT2D eigenvalue weighted by Crippen LogP contribution is 2.26. The summed E-state index contributed by atoms with van der Waals surface area (Å²) in [5.41, 5.74) is 0.525. The van der Waals surface area contributed by atoms with Gasteiger partial charge in [-0.3, -0.25) is 0 Å². The van der Waals surface area contributed by atoms with E-state index in [-0.39, 0.29) is 0 Å². The second-order valence-electron chi connectivity index (χ2n) is 5.30. The topological polar surface area (TPSA) is 17.1 Å². The van der Waals surface area contributed by atoms with Gasteiger partial charge in [-0.15, -0.1) is 0 Å². The van der Waals surface area contributed by atoms with Gasteiger partial charge >= 0.3 is 0 Å². The number of hydrogen-bond donors (Lipinski definition) is 0. The Morgan fingerprint density at radius 3 is 2.33 bits per heavy atom. The molecule has 0 spiro atoms. The van der Waals surface area contributed by atoms with Gasteiger partial charge in [0.25, 0.3) is 0 Å². The molecule has 0 radical (unpaired) electrons. The molecule has 15 heavy (non-hydrogen) atoms. The summed E-state index contributed by atoms with van der Waals surface area (Å²) in [6.07, 6.45) is 11.4. The number of rotatable bonds is 8. The Balaban J connectivity index is 3.99. The number of allylic oxidation sites excluding steroid dienone is 2. The fourth-order valence-electron chi connectivity index (χ4n) is 1.60. The molecule has 0 aromatic carbocycles. The minimum Gasteiger partial charge on any atom is -0.303 e. The molecule has 1 unspecified atom stereocenters. The molecule has 1 nitrogen and oxygen atoms in total. The van der Waals surface area contributed by atoms with Gasteiger partial charge in [0.15, 0.2) is 0 Å². The van der Waals surface area contributed by atoms with Crippen LogP contribution in [-0.4, -0.2) is 14.4 Å². The van der Waals surface area contributed by atoms with Gasteiger partial charge in [0.05, 0.1) is 8.07 Å². The van der Waals surface area contributed by atoms with Crippen LogP contribution in [0.1, 0.15) is 39.0 Å². The molecular weight excluding hydrogens is 200 g/mol. The maximum absolute atomic E-state index is 10.6. The summed E-state index contributed by atoms with van der Waals surface area (Å²) < 4.78 is 0. The lowest BCUT2D eigenvalue weighted by Crippen LogP contribution is -2.27. The Morgan fingerprint density at radius 1 is 1.20 bits per heavy atom. The zero-order valence-electron chi connectivity index (χ0n) is 10.8. The molecular formula is C13H26OSi. The van der Waals surface area contributed by atoms with Crippen LogP contribution >= 0.6 is 0 Å². The van der Waals surface area contributed by atoms with Gasteiger partial charge in [0.2, 0.25) is 0 Å². The lowest BCUT2D eigenvalue weighted by Gasteiger charge is -2.24. The Hall–Kier alpha value is -0.373. The first-order valence-corrected chi connectivity index (χ1v) is 9.70. The van der Waals surface area contributed by atoms with Crippen molar-refractivity contribution in [1.29, 1.82) is 0 Å². The first-order valence-electron chi connectivity index (χ1n) is 6.12. The molecule has 0 bridgehead atoms. The Labute approximate surface area is 96.0 Å². The summed E-state index contributed by atoms with van der Waals surface area (Å²) in [7, 11) is -1.19. The van der Waals surface area contributed by atoms with E-state index in [1.165, 1.54) is 25.7 Å². The third-order valence-electron chi connectivity index (χ3n) is 2.81. The molecule has 0 aliphatic carbocycles. The van der Waals surface area contributed by atoms with Gasteiger partial charge in [-0.25, -0.2) is 0 Å². The predicted octanol–water partition coefficient (Wildman–Crippen LogP) is 4.42. The zero-order valence-corrected chi connectivity index (χ0v) is 11.8. The molecule has 0 aliphatic heterocycles. The van der Waals surface area contributed by atoms with Gasteiger partial charge < -0.3 is 4.79 Å². The third-order valence-corrected chi connectivity index (χ3v) is 5.46. The molecule has 0 aromatic rings. The molecule has 2 heteroatoms. The Morgan fingerprint density at radius 2 is 1.87 bits per heavy atom. The van der Waals surface area contributed by atoms with E-state index in [9.17, 15) is 4.79 Å². The van der Waals surface area contributed by atoms with Gasteiger partial charge in [0, 0.05) is 6.42 Å². The van der Waals surface area contributed by atoms with Crippen molar-refractivity contribution >= 4 is 14.4 Å². The van der Waals surface area contributed by atoms with Crippen molar-refractivity contribution in [2.24, 2.45) is 0 Å². The highest BCUT2D eigenvalue weighted by Gasteiger charge is 2.23. The number of carbonyl (C=O) groups is 1. The SMILES string of the molecule is CCCCCC=CC(CC=O)[Si](C)(C)C. The zero-order chi connectivity index (χ0) is 11.7. The normalized spacial score (nSPS) is 14.4. The molecule has 0 aliphatic rings. The average Bonchev–Trinajstić information content (AvgIpc) is 2.14. The van der Waals surface area contributed by atoms with E-state index in [1.54, 1.807) is 0 Å². The number of unbranched alkanes of at least 4 members (excludes halogenated alkanes) is 3. The monoisotopic (exact) mass is 226 g/mol. The summed E-state index contributed by atoms with van der Waals surface area (Å²) in [4.78, 5) is 10.6. The van der Waals surface area contributed by atoms with Crippen LogP contribution in [0.25, 0.3) is 0 Å². The maximum Gasteiger partial charge on any atom is 0.120 e. The molecule has 0 rings (SSSR count). The van der Waals surface area contributed by atoms with Crippen molar-refractivity contribution in [2.75, 3.05) is 0 Å². The number of hydrogen-bond acceptors (Lipinski definition) is 1. The molecule has 0 amide bonds. The second kappa shape index (κ2) is 7.86. The van der Waals surface area contributed by atoms with E-state index in [0.29, 0.717) is 12.0 Å². The smallest absolute Gasteiger partial charge is 0.120 e. The van der Waals surface area contributed by atoms with Crippen molar-refractivity contribution < 1.29 is 4.79 Å². The van der Waals surface area contributed by atoms with E-state index < -0.39 is 8.07 Å². The first-order chi connectivity index (χ1) is 7.02. The molecule has 1 atom stereocenters. The molecule has 88 valence electrons. The fourth-order valence-corrected chi connectivity index (χ4v) is 3.11. The largest absolute Gasteiger partial charge is 0.303 e. The molecule has 0 N–H and O–H groups in total. The van der Waals surface area contributed by atoms with Gasteiger partial charge in [-0.05, 0) is 18.4 Å². The van der Waals surface area contributed by atoms with Crippen LogP contribution in [0.3, 0.4) is 0 Å². The Kier molecular flexibility index (Phi) is 7.66. The van der Waals surface area contributed by atoms with Crippen molar-refractivity contribution in [3.05, 3.63) is 12.2 Å². The highest BCUT2D eigenvalue weighted by molar-refractivity contribution is 6.78. The lowest BCUT2D eigenvalue weighted by atomic mass is 10.2. The summed E-state index contributed by atoms with van der Waals surface area (Å²) in [5.74, 6) is 0. The van der Waals surface area contributed by atoms with Gasteiger partial charge in [0.1, 0.15) is 6.29 Å². The van der Waals surface area contributed by atoms with Crippen molar-refractivity contribution in [2.45, 2.75) is 64.2 Å². The molecule has 0 fully saturated rings.